The highest BCUT2D eigenvalue weighted by Crippen LogP contribution is 2.42. The van der Waals surface area contributed by atoms with Gasteiger partial charge in [-0.25, -0.2) is 9.97 Å². The first kappa shape index (κ1) is 22.9. The summed E-state index contributed by atoms with van der Waals surface area (Å²) in [6, 6.07) is 6.43. The van der Waals surface area contributed by atoms with E-state index in [2.05, 4.69) is 14.9 Å². The molecule has 1 N–H and O–H groups in total. The van der Waals surface area contributed by atoms with Gasteiger partial charge >= 0.3 is 0 Å². The summed E-state index contributed by atoms with van der Waals surface area (Å²) in [7, 11) is 1.54. The summed E-state index contributed by atoms with van der Waals surface area (Å²) >= 11 is 0. The zero-order chi connectivity index (χ0) is 23.5. The van der Waals surface area contributed by atoms with Crippen molar-refractivity contribution < 1.29 is 24.2 Å². The van der Waals surface area contributed by atoms with Crippen LogP contribution in [0.4, 0.5) is 0 Å². The number of amides is 1. The second kappa shape index (κ2) is 9.68. The van der Waals surface area contributed by atoms with Crippen molar-refractivity contribution in [2.24, 2.45) is 0 Å². The number of aromatic nitrogens is 2. The fraction of sp³-hybridized carbons (Fsp3) is 0.417. The van der Waals surface area contributed by atoms with Crippen molar-refractivity contribution in [3.05, 3.63) is 58.7 Å². The van der Waals surface area contributed by atoms with Gasteiger partial charge in [-0.3, -0.25) is 14.5 Å². The molecule has 0 spiro atoms. The van der Waals surface area contributed by atoms with Gasteiger partial charge < -0.3 is 19.5 Å². The molecule has 1 amide bonds. The molecule has 174 valence electrons. The number of Topliss-reactive ketones (excluding diaryl/α,β-unsaturated/α-hetero) is 1. The van der Waals surface area contributed by atoms with Crippen molar-refractivity contribution in [2.75, 3.05) is 46.5 Å². The number of carbonyl (C=O) groups is 2. The third-order valence-electron chi connectivity index (χ3n) is 6.09. The molecule has 0 aliphatic carbocycles. The molecule has 0 saturated carbocycles. The Hall–Kier alpha value is -3.30. The average molecular weight is 453 g/mol. The molecule has 9 heteroatoms. The number of nitrogens with zero attached hydrogens (tertiary/aromatic N) is 4. The number of aryl methyl sites for hydroxylation is 2. The van der Waals surface area contributed by atoms with E-state index in [0.717, 1.165) is 13.1 Å². The fourth-order valence-electron chi connectivity index (χ4n) is 4.36. The lowest BCUT2D eigenvalue weighted by atomic mass is 9.94. The van der Waals surface area contributed by atoms with E-state index >= 15 is 0 Å². The van der Waals surface area contributed by atoms with Crippen LogP contribution in [0.1, 0.15) is 28.7 Å². The molecule has 1 aromatic heterocycles. The lowest BCUT2D eigenvalue weighted by Crippen LogP contribution is -2.42. The van der Waals surface area contributed by atoms with Crippen molar-refractivity contribution in [1.29, 1.82) is 0 Å². The molecule has 1 unspecified atom stereocenters. The molecule has 2 saturated heterocycles. The number of likely N-dealkylation sites (tertiary alicyclic amines) is 1. The Morgan fingerprint density at radius 2 is 1.91 bits per heavy atom. The number of ether oxygens (including phenoxy) is 2. The number of ketones is 1. The van der Waals surface area contributed by atoms with E-state index in [1.165, 1.54) is 18.2 Å². The molecule has 2 fully saturated rings. The largest absolute Gasteiger partial charge is 0.507 e. The predicted molar refractivity (Wildman–Crippen MR) is 121 cm³/mol. The van der Waals surface area contributed by atoms with Crippen LogP contribution in [-0.4, -0.2) is 83.1 Å². The molecule has 1 aromatic carbocycles. The second-order valence-corrected chi connectivity index (χ2v) is 8.10. The second-order valence-electron chi connectivity index (χ2n) is 8.10. The molecule has 33 heavy (non-hydrogen) atoms. The van der Waals surface area contributed by atoms with E-state index in [4.69, 9.17) is 9.47 Å². The number of hydrogen-bond acceptors (Lipinski definition) is 8. The summed E-state index contributed by atoms with van der Waals surface area (Å²) in [6.45, 7) is 7.21. The molecule has 2 aromatic rings. The summed E-state index contributed by atoms with van der Waals surface area (Å²) < 4.78 is 10.9. The molecular formula is C24H28N4O5. The van der Waals surface area contributed by atoms with Crippen molar-refractivity contribution in [2.45, 2.75) is 19.9 Å². The summed E-state index contributed by atoms with van der Waals surface area (Å²) in [4.78, 5) is 38.6. The lowest BCUT2D eigenvalue weighted by Gasteiger charge is -2.31. The quantitative estimate of drug-likeness (QED) is 0.402. The number of hydrogen-bond donors (Lipinski definition) is 1. The third-order valence-corrected chi connectivity index (χ3v) is 6.09. The minimum Gasteiger partial charge on any atom is -0.507 e. The maximum atomic E-state index is 13.2. The van der Waals surface area contributed by atoms with E-state index in [-0.39, 0.29) is 11.3 Å². The number of morpholine rings is 1. The van der Waals surface area contributed by atoms with Crippen molar-refractivity contribution in [3.63, 3.8) is 0 Å². The summed E-state index contributed by atoms with van der Waals surface area (Å²) in [5.41, 5.74) is 1.50. The van der Waals surface area contributed by atoms with Crippen LogP contribution in [-0.2, 0) is 14.3 Å². The van der Waals surface area contributed by atoms with Gasteiger partial charge in [0.15, 0.2) is 0 Å². The first-order chi connectivity index (χ1) is 15.9. The Bertz CT molecular complexity index is 1090. The van der Waals surface area contributed by atoms with Gasteiger partial charge in [0.1, 0.15) is 17.3 Å². The van der Waals surface area contributed by atoms with Gasteiger partial charge in [-0.1, -0.05) is 18.2 Å². The van der Waals surface area contributed by atoms with Crippen LogP contribution in [0.5, 0.6) is 5.75 Å². The molecule has 1 atom stereocenters. The van der Waals surface area contributed by atoms with Gasteiger partial charge in [-0.05, 0) is 19.9 Å². The van der Waals surface area contributed by atoms with Gasteiger partial charge in [-0.2, -0.15) is 0 Å². The highest BCUT2D eigenvalue weighted by atomic mass is 16.5. The monoisotopic (exact) mass is 452 g/mol. The normalized spacial score (nSPS) is 20.9. The van der Waals surface area contributed by atoms with Gasteiger partial charge in [0.2, 0.25) is 0 Å². The first-order valence-electron chi connectivity index (χ1n) is 10.9. The van der Waals surface area contributed by atoms with Crippen molar-refractivity contribution in [1.82, 2.24) is 19.8 Å². The van der Waals surface area contributed by atoms with E-state index < -0.39 is 17.7 Å². The Labute approximate surface area is 192 Å². The number of benzene rings is 1. The van der Waals surface area contributed by atoms with E-state index in [0.29, 0.717) is 54.7 Å². The Morgan fingerprint density at radius 1 is 1.18 bits per heavy atom. The Morgan fingerprint density at radius 3 is 2.61 bits per heavy atom. The molecule has 2 aliphatic heterocycles. The van der Waals surface area contributed by atoms with Crippen LogP contribution in [0.25, 0.3) is 5.76 Å². The standard InChI is InChI=1S/C24H28N4O5/c1-15-18(14-25-16(2)26-15)22(29)20-21(17-6-4-5-7-19(17)32-3)28(24(31)23(20)30)9-8-27-10-12-33-13-11-27/h4-7,14,21,29H,8-13H2,1-3H3. The molecular weight excluding hydrogens is 424 g/mol. The molecule has 2 aliphatic rings. The highest BCUT2D eigenvalue weighted by molar-refractivity contribution is 6.46. The summed E-state index contributed by atoms with van der Waals surface area (Å²) in [5.74, 6) is -0.577. The number of carbonyl (C=O) groups excluding carboxylic acids is 2. The molecule has 4 rings (SSSR count). The van der Waals surface area contributed by atoms with Gasteiger partial charge in [0.05, 0.1) is 43.2 Å². The minimum atomic E-state index is -0.789. The van der Waals surface area contributed by atoms with E-state index in [9.17, 15) is 14.7 Å². The maximum Gasteiger partial charge on any atom is 0.295 e. The minimum absolute atomic E-state index is 0.0158. The topological polar surface area (TPSA) is 105 Å². The van der Waals surface area contributed by atoms with Gasteiger partial charge in [0, 0.05) is 37.9 Å². The molecule has 0 bridgehead atoms. The van der Waals surface area contributed by atoms with Crippen LogP contribution in [0.3, 0.4) is 0 Å². The number of para-hydroxylation sites is 1. The lowest BCUT2D eigenvalue weighted by molar-refractivity contribution is -0.140. The smallest absolute Gasteiger partial charge is 0.295 e. The number of rotatable bonds is 6. The maximum absolute atomic E-state index is 13.2. The van der Waals surface area contributed by atoms with Crippen LogP contribution < -0.4 is 4.74 Å². The van der Waals surface area contributed by atoms with Crippen LogP contribution in [0, 0.1) is 13.8 Å². The number of aliphatic hydroxyl groups is 1. The summed E-state index contributed by atoms with van der Waals surface area (Å²) in [5, 5.41) is 11.2. The first-order valence-corrected chi connectivity index (χ1v) is 10.9. The van der Waals surface area contributed by atoms with Gasteiger partial charge in [0.25, 0.3) is 11.7 Å². The van der Waals surface area contributed by atoms with Crippen molar-refractivity contribution >= 4 is 17.4 Å². The number of aliphatic hydroxyl groups excluding tert-OH is 1. The number of methoxy groups -OCH3 is 1. The van der Waals surface area contributed by atoms with E-state index in [1.807, 2.05) is 18.2 Å². The third kappa shape index (κ3) is 4.46. The fourth-order valence-corrected chi connectivity index (χ4v) is 4.36. The molecule has 3 heterocycles. The predicted octanol–water partition coefficient (Wildman–Crippen LogP) is 1.86. The van der Waals surface area contributed by atoms with Gasteiger partial charge in [-0.15, -0.1) is 0 Å². The van der Waals surface area contributed by atoms with E-state index in [1.54, 1.807) is 19.9 Å². The SMILES string of the molecule is COc1ccccc1C1C(=C(O)c2cnc(C)nc2C)C(=O)C(=O)N1CCN1CCOCC1. The summed E-state index contributed by atoms with van der Waals surface area (Å²) in [6.07, 6.45) is 1.48. The van der Waals surface area contributed by atoms with Crippen molar-refractivity contribution in [3.8, 4) is 5.75 Å². The average Bonchev–Trinajstić information content (AvgIpc) is 3.07. The Balaban J connectivity index is 1.80. The van der Waals surface area contributed by atoms with Crippen LogP contribution in [0.2, 0.25) is 0 Å². The Kier molecular flexibility index (Phi) is 6.71. The van der Waals surface area contributed by atoms with Crippen LogP contribution in [0.15, 0.2) is 36.0 Å². The molecule has 9 nitrogen and oxygen atoms in total. The zero-order valence-corrected chi connectivity index (χ0v) is 19.1. The highest BCUT2D eigenvalue weighted by Gasteiger charge is 2.47. The zero-order valence-electron chi connectivity index (χ0n) is 19.1. The molecule has 0 radical (unpaired) electrons. The van der Waals surface area contributed by atoms with Crippen LogP contribution >= 0.6 is 0 Å².